The standard InChI is InChI=1S/C16H31NO4.H3N/c1-3-4-5-6-7-8-9-10-11-12-14(19)17-15(13(2)18)16(20)21;/h13,15,18H,3-12H2,1-2H3,(H,17,19)(H,20,21);1H3/t13-,15+;/m1./s1. The van der Waals surface area contributed by atoms with Gasteiger partial charge in [0.1, 0.15) is 0 Å². The van der Waals surface area contributed by atoms with Crippen LogP contribution in [-0.4, -0.2) is 29.1 Å². The van der Waals surface area contributed by atoms with Crippen molar-refractivity contribution in [2.24, 2.45) is 0 Å². The molecule has 0 rings (SSSR count). The molecule has 0 aromatic carbocycles. The molecule has 0 spiro atoms. The Hall–Kier alpha value is -1.14. The predicted octanol–water partition coefficient (Wildman–Crippen LogP) is 1.90. The molecule has 0 radical (unpaired) electrons. The third-order valence-electron chi connectivity index (χ3n) is 3.56. The highest BCUT2D eigenvalue weighted by molar-refractivity contribution is 5.82. The van der Waals surface area contributed by atoms with Gasteiger partial charge >= 0.3 is 0 Å². The highest BCUT2D eigenvalue weighted by Gasteiger charge is 2.18. The Bertz CT molecular complexity index is 296. The van der Waals surface area contributed by atoms with E-state index in [-0.39, 0.29) is 12.1 Å². The molecule has 0 aromatic rings. The van der Waals surface area contributed by atoms with Crippen LogP contribution in [0.5, 0.6) is 0 Å². The van der Waals surface area contributed by atoms with Gasteiger partial charge in [0.05, 0.1) is 18.1 Å². The molecule has 0 aliphatic rings. The van der Waals surface area contributed by atoms with Gasteiger partial charge < -0.3 is 26.5 Å². The number of quaternary nitrogens is 1. The zero-order chi connectivity index (χ0) is 16.1. The zero-order valence-corrected chi connectivity index (χ0v) is 14.4. The van der Waals surface area contributed by atoms with Gasteiger partial charge in [-0.2, -0.15) is 0 Å². The maximum absolute atomic E-state index is 11.6. The molecule has 0 saturated carbocycles. The lowest BCUT2D eigenvalue weighted by atomic mass is 10.1. The second-order valence-corrected chi connectivity index (χ2v) is 5.68. The molecule has 6 heteroatoms. The van der Waals surface area contributed by atoms with Crippen molar-refractivity contribution in [3.05, 3.63) is 0 Å². The molecule has 132 valence electrons. The molecule has 6 nitrogen and oxygen atoms in total. The summed E-state index contributed by atoms with van der Waals surface area (Å²) in [7, 11) is 0. The number of hydrogen-bond acceptors (Lipinski definition) is 4. The lowest BCUT2D eigenvalue weighted by molar-refractivity contribution is -0.310. The molecule has 22 heavy (non-hydrogen) atoms. The maximum atomic E-state index is 11.6. The van der Waals surface area contributed by atoms with Crippen LogP contribution in [0, 0.1) is 0 Å². The number of unbranched alkanes of at least 4 members (excludes halogenated alkanes) is 8. The van der Waals surface area contributed by atoms with E-state index in [4.69, 9.17) is 0 Å². The van der Waals surface area contributed by atoms with Crippen LogP contribution in [0.15, 0.2) is 0 Å². The van der Waals surface area contributed by atoms with Crippen molar-refractivity contribution in [2.75, 3.05) is 0 Å². The van der Waals surface area contributed by atoms with Crippen LogP contribution in [0.4, 0.5) is 0 Å². The fraction of sp³-hybridized carbons (Fsp3) is 0.875. The SMILES string of the molecule is CCCCCCCCCCCC(=O)N[C@H](C(=O)[O-])[C@@H](C)O.[NH4+]. The van der Waals surface area contributed by atoms with Gasteiger partial charge in [-0.3, -0.25) is 4.79 Å². The number of carbonyl (C=O) groups excluding carboxylic acids is 2. The van der Waals surface area contributed by atoms with E-state index in [1.807, 2.05) is 0 Å². The lowest BCUT2D eigenvalue weighted by Gasteiger charge is -2.22. The van der Waals surface area contributed by atoms with Gasteiger partial charge in [0, 0.05) is 6.42 Å². The molecule has 1 amide bonds. The molecule has 0 bridgehead atoms. The van der Waals surface area contributed by atoms with Crippen molar-refractivity contribution in [3.63, 3.8) is 0 Å². The average molecular weight is 318 g/mol. The highest BCUT2D eigenvalue weighted by Crippen LogP contribution is 2.10. The van der Waals surface area contributed by atoms with E-state index in [0.717, 1.165) is 19.3 Å². The Kier molecular flexibility index (Phi) is 15.5. The number of aliphatic hydroxyl groups is 1. The van der Waals surface area contributed by atoms with Gasteiger partial charge in [-0.25, -0.2) is 0 Å². The van der Waals surface area contributed by atoms with Crippen LogP contribution in [0.25, 0.3) is 0 Å². The van der Waals surface area contributed by atoms with Gasteiger partial charge in [-0.15, -0.1) is 0 Å². The Morgan fingerprint density at radius 3 is 1.86 bits per heavy atom. The van der Waals surface area contributed by atoms with E-state index >= 15 is 0 Å². The van der Waals surface area contributed by atoms with E-state index < -0.39 is 18.1 Å². The van der Waals surface area contributed by atoms with Crippen molar-refractivity contribution < 1.29 is 19.8 Å². The molecule has 2 atom stereocenters. The highest BCUT2D eigenvalue weighted by atomic mass is 16.4. The fourth-order valence-electron chi connectivity index (χ4n) is 2.22. The summed E-state index contributed by atoms with van der Waals surface area (Å²) in [6, 6.07) is -1.32. The Morgan fingerprint density at radius 2 is 1.45 bits per heavy atom. The number of rotatable bonds is 13. The quantitative estimate of drug-likeness (QED) is 0.448. The van der Waals surface area contributed by atoms with Crippen LogP contribution >= 0.6 is 0 Å². The number of carboxylic acid groups (broad SMARTS) is 1. The van der Waals surface area contributed by atoms with E-state index in [9.17, 15) is 19.8 Å². The molecule has 0 aliphatic heterocycles. The normalized spacial score (nSPS) is 13.0. The van der Waals surface area contributed by atoms with Gasteiger partial charge in [-0.05, 0) is 13.3 Å². The molecule has 6 N–H and O–H groups in total. The number of hydrogen-bond donors (Lipinski definition) is 3. The van der Waals surface area contributed by atoms with Crippen molar-refractivity contribution in [3.8, 4) is 0 Å². The zero-order valence-electron chi connectivity index (χ0n) is 14.4. The van der Waals surface area contributed by atoms with Gasteiger partial charge in [0.2, 0.25) is 5.91 Å². The summed E-state index contributed by atoms with van der Waals surface area (Å²) < 4.78 is 0. The Labute approximate surface area is 134 Å². The topological polar surface area (TPSA) is 126 Å². The minimum absolute atomic E-state index is 0. The van der Waals surface area contributed by atoms with Crippen LogP contribution in [0.2, 0.25) is 0 Å². The van der Waals surface area contributed by atoms with E-state index in [0.29, 0.717) is 6.42 Å². The molecule has 0 fully saturated rings. The molecule has 0 aromatic heterocycles. The smallest absolute Gasteiger partial charge is 0.220 e. The predicted molar refractivity (Wildman–Crippen MR) is 86.4 cm³/mol. The number of carbonyl (C=O) groups is 2. The summed E-state index contributed by atoms with van der Waals surface area (Å²) in [5.74, 6) is -1.79. The largest absolute Gasteiger partial charge is 0.548 e. The first-order valence-electron chi connectivity index (χ1n) is 8.17. The molecule has 0 aliphatic carbocycles. The second kappa shape index (κ2) is 14.8. The minimum atomic E-state index is -1.45. The van der Waals surface area contributed by atoms with Crippen LogP contribution < -0.4 is 16.6 Å². The molecule has 0 heterocycles. The molecular weight excluding hydrogens is 284 g/mol. The lowest BCUT2D eigenvalue weighted by Crippen LogP contribution is -2.53. The van der Waals surface area contributed by atoms with Crippen LogP contribution in [0.3, 0.4) is 0 Å². The van der Waals surface area contributed by atoms with E-state index in [1.54, 1.807) is 0 Å². The summed E-state index contributed by atoms with van der Waals surface area (Å²) >= 11 is 0. The Morgan fingerprint density at radius 1 is 1.00 bits per heavy atom. The molecule has 0 saturated heterocycles. The van der Waals surface area contributed by atoms with Gasteiger partial charge in [-0.1, -0.05) is 58.3 Å². The number of aliphatic carboxylic acids is 1. The van der Waals surface area contributed by atoms with Crippen molar-refractivity contribution in [1.82, 2.24) is 11.5 Å². The van der Waals surface area contributed by atoms with Crippen molar-refractivity contribution in [1.29, 1.82) is 0 Å². The molecule has 0 unspecified atom stereocenters. The third-order valence-corrected chi connectivity index (χ3v) is 3.56. The second-order valence-electron chi connectivity index (χ2n) is 5.68. The van der Waals surface area contributed by atoms with E-state index in [2.05, 4.69) is 12.2 Å². The van der Waals surface area contributed by atoms with Crippen molar-refractivity contribution >= 4 is 11.9 Å². The van der Waals surface area contributed by atoms with Crippen LogP contribution in [0.1, 0.15) is 78.1 Å². The van der Waals surface area contributed by atoms with Crippen molar-refractivity contribution in [2.45, 2.75) is 90.2 Å². The number of aliphatic hydroxyl groups excluding tert-OH is 1. The number of nitrogens with one attached hydrogen (secondary N) is 1. The molecular formula is C16H34N2O4. The monoisotopic (exact) mass is 318 g/mol. The van der Waals surface area contributed by atoms with Gasteiger partial charge in [0.25, 0.3) is 0 Å². The first kappa shape index (κ1) is 23.1. The maximum Gasteiger partial charge on any atom is 0.220 e. The third kappa shape index (κ3) is 12.6. The fourth-order valence-corrected chi connectivity index (χ4v) is 2.22. The first-order chi connectivity index (χ1) is 9.99. The summed E-state index contributed by atoms with van der Waals surface area (Å²) in [5.41, 5.74) is 0. The average Bonchev–Trinajstić information content (AvgIpc) is 2.42. The van der Waals surface area contributed by atoms with Crippen LogP contribution in [-0.2, 0) is 9.59 Å². The summed E-state index contributed by atoms with van der Waals surface area (Å²) in [4.78, 5) is 22.3. The Balaban J connectivity index is 0. The minimum Gasteiger partial charge on any atom is -0.548 e. The number of amides is 1. The summed E-state index contributed by atoms with van der Waals surface area (Å²) in [5, 5.41) is 22.2. The van der Waals surface area contributed by atoms with Gasteiger partial charge in [0.15, 0.2) is 0 Å². The summed E-state index contributed by atoms with van der Waals surface area (Å²) in [6.45, 7) is 3.52. The number of carboxylic acids is 1. The van der Waals surface area contributed by atoms with E-state index in [1.165, 1.54) is 45.4 Å². The summed E-state index contributed by atoms with van der Waals surface area (Å²) in [6.07, 6.45) is 9.60. The first-order valence-corrected chi connectivity index (χ1v) is 8.17.